The van der Waals surface area contributed by atoms with Crippen molar-refractivity contribution in [3.8, 4) is 0 Å². The van der Waals surface area contributed by atoms with E-state index in [2.05, 4.69) is 5.10 Å². The van der Waals surface area contributed by atoms with E-state index in [0.29, 0.717) is 17.7 Å². The smallest absolute Gasteiger partial charge is 0.270 e. The standard InChI is InChI=1S/C16H18FN3O3/c1-19-15(22)6-5-13(18-19)16(23)20-9-12(21)8-14(20)10-3-2-4-11(17)7-10/h2-4,7,12,14,21H,5-6,8-9H2,1H3. The molecule has 2 aliphatic heterocycles. The van der Waals surface area contributed by atoms with Crippen molar-refractivity contribution < 1.29 is 19.1 Å². The fourth-order valence-electron chi connectivity index (χ4n) is 3.06. The van der Waals surface area contributed by atoms with E-state index in [-0.39, 0.29) is 43.1 Å². The molecular formula is C16H18FN3O3. The molecule has 2 heterocycles. The second kappa shape index (κ2) is 6.08. The number of carbonyl (C=O) groups excluding carboxylic acids is 2. The third kappa shape index (κ3) is 3.10. The van der Waals surface area contributed by atoms with Crippen LogP contribution in [0, 0.1) is 5.82 Å². The highest BCUT2D eigenvalue weighted by atomic mass is 19.1. The third-order valence-electron chi connectivity index (χ3n) is 4.23. The zero-order valence-corrected chi connectivity index (χ0v) is 12.8. The Morgan fingerprint density at radius 1 is 1.39 bits per heavy atom. The maximum absolute atomic E-state index is 13.5. The molecule has 6 nitrogen and oxygen atoms in total. The summed E-state index contributed by atoms with van der Waals surface area (Å²) in [5.41, 5.74) is 0.943. The number of β-amino-alcohol motifs (C(OH)–C–C–N with tert-alkyl or cyclic N) is 1. The third-order valence-corrected chi connectivity index (χ3v) is 4.23. The van der Waals surface area contributed by atoms with Gasteiger partial charge >= 0.3 is 0 Å². The number of amides is 2. The summed E-state index contributed by atoms with van der Waals surface area (Å²) in [5, 5.41) is 15.1. The molecule has 1 saturated heterocycles. The Labute approximate surface area is 133 Å². The SMILES string of the molecule is CN1N=C(C(=O)N2CC(O)CC2c2cccc(F)c2)CCC1=O. The molecule has 1 aromatic carbocycles. The van der Waals surface area contributed by atoms with E-state index in [1.54, 1.807) is 12.1 Å². The average Bonchev–Trinajstić information content (AvgIpc) is 2.91. The quantitative estimate of drug-likeness (QED) is 0.886. The summed E-state index contributed by atoms with van der Waals surface area (Å²) in [4.78, 5) is 25.7. The topological polar surface area (TPSA) is 73.2 Å². The number of carbonyl (C=O) groups is 2. The minimum absolute atomic E-state index is 0.135. The lowest BCUT2D eigenvalue weighted by atomic mass is 10.0. The number of hydrogen-bond donors (Lipinski definition) is 1. The molecule has 1 N–H and O–H groups in total. The number of nitrogens with zero attached hydrogens (tertiary/aromatic N) is 3. The van der Waals surface area contributed by atoms with Crippen molar-refractivity contribution in [1.29, 1.82) is 0 Å². The summed E-state index contributed by atoms with van der Waals surface area (Å²) >= 11 is 0. The van der Waals surface area contributed by atoms with E-state index in [9.17, 15) is 19.1 Å². The first-order chi connectivity index (χ1) is 11.0. The van der Waals surface area contributed by atoms with Crippen molar-refractivity contribution >= 4 is 17.5 Å². The molecule has 0 spiro atoms. The van der Waals surface area contributed by atoms with Crippen molar-refractivity contribution in [3.63, 3.8) is 0 Å². The van der Waals surface area contributed by atoms with Crippen molar-refractivity contribution in [2.45, 2.75) is 31.4 Å². The highest BCUT2D eigenvalue weighted by Crippen LogP contribution is 2.33. The Morgan fingerprint density at radius 3 is 2.87 bits per heavy atom. The Bertz CT molecular complexity index is 676. The van der Waals surface area contributed by atoms with Crippen molar-refractivity contribution in [1.82, 2.24) is 9.91 Å². The second-order valence-corrected chi connectivity index (χ2v) is 5.88. The maximum Gasteiger partial charge on any atom is 0.270 e. The van der Waals surface area contributed by atoms with Gasteiger partial charge < -0.3 is 10.0 Å². The molecule has 1 fully saturated rings. The van der Waals surface area contributed by atoms with Gasteiger partial charge in [-0.15, -0.1) is 0 Å². The summed E-state index contributed by atoms with van der Waals surface area (Å²) in [6.45, 7) is 0.177. The fourth-order valence-corrected chi connectivity index (χ4v) is 3.06. The molecule has 3 rings (SSSR count). The van der Waals surface area contributed by atoms with Crippen LogP contribution in [0.4, 0.5) is 4.39 Å². The molecule has 0 aliphatic carbocycles. The Balaban J connectivity index is 1.86. The van der Waals surface area contributed by atoms with Crippen LogP contribution in [0.5, 0.6) is 0 Å². The zero-order chi connectivity index (χ0) is 16.6. The van der Waals surface area contributed by atoms with Crippen molar-refractivity contribution in [2.24, 2.45) is 5.10 Å². The average molecular weight is 319 g/mol. The number of likely N-dealkylation sites (tertiary alicyclic amines) is 1. The summed E-state index contributed by atoms with van der Waals surface area (Å²) in [6.07, 6.45) is 0.222. The van der Waals surface area contributed by atoms with Crippen molar-refractivity contribution in [2.75, 3.05) is 13.6 Å². The molecular weight excluding hydrogens is 301 g/mol. The summed E-state index contributed by atoms with van der Waals surface area (Å²) in [6, 6.07) is 5.65. The molecule has 0 aromatic heterocycles. The van der Waals surface area contributed by atoms with Crippen LogP contribution in [0.2, 0.25) is 0 Å². The molecule has 2 atom stereocenters. The molecule has 2 unspecified atom stereocenters. The summed E-state index contributed by atoms with van der Waals surface area (Å²) in [7, 11) is 1.51. The lowest BCUT2D eigenvalue weighted by Gasteiger charge is -2.27. The summed E-state index contributed by atoms with van der Waals surface area (Å²) in [5.74, 6) is -0.823. The highest BCUT2D eigenvalue weighted by molar-refractivity contribution is 6.39. The van der Waals surface area contributed by atoms with Gasteiger partial charge in [-0.25, -0.2) is 9.40 Å². The van der Waals surface area contributed by atoms with Crippen LogP contribution >= 0.6 is 0 Å². The maximum atomic E-state index is 13.5. The number of rotatable bonds is 2. The van der Waals surface area contributed by atoms with Crippen molar-refractivity contribution in [3.05, 3.63) is 35.6 Å². The van der Waals surface area contributed by atoms with Gasteiger partial charge in [0.1, 0.15) is 11.5 Å². The van der Waals surface area contributed by atoms with Crippen LogP contribution in [0.15, 0.2) is 29.4 Å². The first-order valence-corrected chi connectivity index (χ1v) is 7.54. The minimum atomic E-state index is -0.657. The normalized spacial score (nSPS) is 24.8. The summed E-state index contributed by atoms with van der Waals surface area (Å²) < 4.78 is 13.5. The Morgan fingerprint density at radius 2 is 2.17 bits per heavy atom. The zero-order valence-electron chi connectivity index (χ0n) is 12.8. The lowest BCUT2D eigenvalue weighted by molar-refractivity contribution is -0.130. The van der Waals surface area contributed by atoms with Gasteiger partial charge in [-0.05, 0) is 24.1 Å². The molecule has 7 heteroatoms. The predicted octanol–water partition coefficient (Wildman–Crippen LogP) is 1.07. The molecule has 23 heavy (non-hydrogen) atoms. The first-order valence-electron chi connectivity index (χ1n) is 7.54. The fraction of sp³-hybridized carbons (Fsp3) is 0.438. The van der Waals surface area contributed by atoms with Gasteiger partial charge in [-0.2, -0.15) is 5.10 Å². The Hall–Kier alpha value is -2.28. The van der Waals surface area contributed by atoms with Crippen LogP contribution in [-0.4, -0.2) is 52.2 Å². The number of hydrogen-bond acceptors (Lipinski definition) is 4. The number of aliphatic hydroxyl groups is 1. The van der Waals surface area contributed by atoms with Gasteiger partial charge in [0.15, 0.2) is 0 Å². The molecule has 0 bridgehead atoms. The van der Waals surface area contributed by atoms with Crippen LogP contribution in [0.25, 0.3) is 0 Å². The van der Waals surface area contributed by atoms with Gasteiger partial charge in [-0.3, -0.25) is 9.59 Å². The minimum Gasteiger partial charge on any atom is -0.391 e. The van der Waals surface area contributed by atoms with Crippen LogP contribution in [-0.2, 0) is 9.59 Å². The molecule has 1 aromatic rings. The largest absolute Gasteiger partial charge is 0.391 e. The van der Waals surface area contributed by atoms with E-state index in [1.807, 2.05) is 0 Å². The van der Waals surface area contributed by atoms with Gasteiger partial charge in [0.25, 0.3) is 5.91 Å². The molecule has 0 radical (unpaired) electrons. The van der Waals surface area contributed by atoms with Crippen LogP contribution in [0.3, 0.4) is 0 Å². The van der Waals surface area contributed by atoms with Gasteiger partial charge in [0.2, 0.25) is 5.91 Å². The molecule has 122 valence electrons. The number of aliphatic hydroxyl groups excluding tert-OH is 1. The van der Waals surface area contributed by atoms with E-state index in [4.69, 9.17) is 0 Å². The molecule has 2 amide bonds. The van der Waals surface area contributed by atoms with Gasteiger partial charge in [-0.1, -0.05) is 12.1 Å². The van der Waals surface area contributed by atoms with Gasteiger partial charge in [0, 0.05) is 26.4 Å². The van der Waals surface area contributed by atoms with Gasteiger partial charge in [0.05, 0.1) is 12.1 Å². The highest BCUT2D eigenvalue weighted by Gasteiger charge is 2.38. The monoisotopic (exact) mass is 319 g/mol. The molecule has 0 saturated carbocycles. The number of halogens is 1. The van der Waals surface area contributed by atoms with Crippen LogP contribution in [0.1, 0.15) is 30.9 Å². The van der Waals surface area contributed by atoms with E-state index < -0.39 is 6.10 Å². The van der Waals surface area contributed by atoms with Crippen LogP contribution < -0.4 is 0 Å². The lowest BCUT2D eigenvalue weighted by Crippen LogP contribution is -2.40. The van der Waals surface area contributed by atoms with E-state index in [1.165, 1.54) is 29.1 Å². The number of hydrazone groups is 1. The second-order valence-electron chi connectivity index (χ2n) is 5.88. The molecule has 2 aliphatic rings. The number of benzene rings is 1. The first kappa shape index (κ1) is 15.6. The Kier molecular flexibility index (Phi) is 4.12. The van der Waals surface area contributed by atoms with E-state index in [0.717, 1.165) is 0 Å². The van der Waals surface area contributed by atoms with E-state index >= 15 is 0 Å². The predicted molar refractivity (Wildman–Crippen MR) is 80.9 cm³/mol.